The number of imidazole rings is 1. The van der Waals surface area contributed by atoms with Crippen LogP contribution in [-0.4, -0.2) is 9.97 Å². The fourth-order valence-corrected chi connectivity index (χ4v) is 0.957. The highest BCUT2D eigenvalue weighted by Gasteiger charge is 2.01. The maximum atomic E-state index is 4.18. The Morgan fingerprint density at radius 1 is 1.40 bits per heavy atom. The van der Waals surface area contributed by atoms with Crippen LogP contribution in [0.4, 0.5) is 0 Å². The Bertz CT molecular complexity index is 308. The summed E-state index contributed by atoms with van der Waals surface area (Å²) in [5, 5.41) is 0.889. The summed E-state index contributed by atoms with van der Waals surface area (Å²) < 4.78 is 0. The van der Waals surface area contributed by atoms with Gasteiger partial charge in [0.05, 0.1) is 11.0 Å². The molecular formula is C8H12N2. The molecule has 54 valence electrons. The maximum absolute atomic E-state index is 4.18. The molecule has 2 nitrogen and oxygen atoms in total. The highest BCUT2D eigenvalue weighted by molar-refractivity contribution is 5.11. The Morgan fingerprint density at radius 3 is 2.20 bits per heavy atom. The van der Waals surface area contributed by atoms with Gasteiger partial charge < -0.3 is 4.98 Å². The molecule has 0 fully saturated rings. The van der Waals surface area contributed by atoms with Crippen LogP contribution in [0, 0.1) is 0 Å². The SMILES string of the molecule is C=c1nc(C(C)C)c(=C)[nH]1. The van der Waals surface area contributed by atoms with Crippen molar-refractivity contribution in [2.45, 2.75) is 19.8 Å². The third-order valence-electron chi connectivity index (χ3n) is 1.41. The fourth-order valence-electron chi connectivity index (χ4n) is 0.957. The second-order valence-corrected chi connectivity index (χ2v) is 2.70. The molecule has 1 rings (SSSR count). The summed E-state index contributed by atoms with van der Waals surface area (Å²) in [6.07, 6.45) is 0. The van der Waals surface area contributed by atoms with Crippen LogP contribution in [0.3, 0.4) is 0 Å². The molecule has 10 heavy (non-hydrogen) atoms. The van der Waals surface area contributed by atoms with Gasteiger partial charge in [-0.2, -0.15) is 0 Å². The molecule has 0 unspecified atom stereocenters. The summed E-state index contributed by atoms with van der Waals surface area (Å²) in [5.74, 6) is 0.430. The normalized spacial score (nSPS) is 10.7. The number of H-pyrrole nitrogens is 1. The smallest absolute Gasteiger partial charge is 0.123 e. The minimum Gasteiger partial charge on any atom is -0.340 e. The van der Waals surface area contributed by atoms with Crippen molar-refractivity contribution < 1.29 is 0 Å². The largest absolute Gasteiger partial charge is 0.340 e. The number of nitrogens with one attached hydrogen (secondary N) is 1. The third kappa shape index (κ3) is 1.10. The highest BCUT2D eigenvalue weighted by Crippen LogP contribution is 2.02. The molecule has 1 heterocycles. The van der Waals surface area contributed by atoms with Crippen molar-refractivity contribution in [3.63, 3.8) is 0 Å². The zero-order chi connectivity index (χ0) is 7.72. The summed E-state index contributed by atoms with van der Waals surface area (Å²) in [7, 11) is 0. The monoisotopic (exact) mass is 136 g/mol. The zero-order valence-electron chi connectivity index (χ0n) is 6.44. The van der Waals surface area contributed by atoms with E-state index in [1.165, 1.54) is 0 Å². The van der Waals surface area contributed by atoms with Crippen LogP contribution in [0.2, 0.25) is 0 Å². The lowest BCUT2D eigenvalue weighted by Gasteiger charge is -1.95. The van der Waals surface area contributed by atoms with E-state index in [0.717, 1.165) is 11.0 Å². The average molecular weight is 136 g/mol. The molecule has 0 radical (unpaired) electrons. The van der Waals surface area contributed by atoms with Crippen molar-refractivity contribution in [2.75, 3.05) is 0 Å². The molecule has 0 spiro atoms. The molecule has 2 heteroatoms. The van der Waals surface area contributed by atoms with Gasteiger partial charge in [-0.15, -0.1) is 0 Å². The lowest BCUT2D eigenvalue weighted by molar-refractivity contribution is 0.822. The number of aromatic amines is 1. The van der Waals surface area contributed by atoms with Crippen LogP contribution >= 0.6 is 0 Å². The van der Waals surface area contributed by atoms with Crippen LogP contribution in [0.1, 0.15) is 25.5 Å². The molecule has 0 aromatic carbocycles. The van der Waals surface area contributed by atoms with E-state index >= 15 is 0 Å². The van der Waals surface area contributed by atoms with Gasteiger partial charge in [0, 0.05) is 0 Å². The van der Waals surface area contributed by atoms with Crippen molar-refractivity contribution in [3.8, 4) is 0 Å². The summed E-state index contributed by atoms with van der Waals surface area (Å²) in [6.45, 7) is 11.7. The van der Waals surface area contributed by atoms with E-state index in [0.29, 0.717) is 11.4 Å². The second kappa shape index (κ2) is 2.29. The summed E-state index contributed by atoms with van der Waals surface area (Å²) in [4.78, 5) is 7.14. The van der Waals surface area contributed by atoms with Crippen molar-refractivity contribution in [1.82, 2.24) is 9.97 Å². The first kappa shape index (κ1) is 7.06. The molecule has 1 aromatic heterocycles. The van der Waals surface area contributed by atoms with Gasteiger partial charge in [0.1, 0.15) is 5.48 Å². The Hall–Kier alpha value is -1.05. The van der Waals surface area contributed by atoms with Crippen LogP contribution in [-0.2, 0) is 0 Å². The van der Waals surface area contributed by atoms with Crippen molar-refractivity contribution >= 4 is 13.2 Å². The van der Waals surface area contributed by atoms with E-state index in [4.69, 9.17) is 0 Å². The van der Waals surface area contributed by atoms with Gasteiger partial charge in [-0.1, -0.05) is 27.0 Å². The van der Waals surface area contributed by atoms with E-state index < -0.39 is 0 Å². The van der Waals surface area contributed by atoms with Crippen LogP contribution < -0.4 is 10.8 Å². The van der Waals surface area contributed by atoms with Gasteiger partial charge in [-0.05, 0) is 5.92 Å². The number of nitrogens with zero attached hydrogens (tertiary/aromatic N) is 1. The van der Waals surface area contributed by atoms with Gasteiger partial charge in [0.2, 0.25) is 0 Å². The highest BCUT2D eigenvalue weighted by atomic mass is 14.9. The van der Waals surface area contributed by atoms with Crippen molar-refractivity contribution in [2.24, 2.45) is 0 Å². The fraction of sp³-hybridized carbons (Fsp3) is 0.375. The predicted molar refractivity (Wildman–Crippen MR) is 43.0 cm³/mol. The molecular weight excluding hydrogens is 124 g/mol. The molecule has 0 amide bonds. The zero-order valence-corrected chi connectivity index (χ0v) is 6.44. The second-order valence-electron chi connectivity index (χ2n) is 2.70. The topological polar surface area (TPSA) is 28.7 Å². The van der Waals surface area contributed by atoms with Crippen LogP contribution in [0.5, 0.6) is 0 Å². The van der Waals surface area contributed by atoms with Gasteiger partial charge in [-0.3, -0.25) is 0 Å². The first-order chi connectivity index (χ1) is 4.61. The number of aromatic nitrogens is 2. The Kier molecular flexibility index (Phi) is 1.62. The summed E-state index contributed by atoms with van der Waals surface area (Å²) in [5.41, 5.74) is 1.72. The van der Waals surface area contributed by atoms with Crippen molar-refractivity contribution in [3.05, 3.63) is 16.5 Å². The first-order valence-corrected chi connectivity index (χ1v) is 3.35. The molecule has 0 aliphatic heterocycles. The predicted octanol–water partition coefficient (Wildman–Crippen LogP) is 0.354. The van der Waals surface area contributed by atoms with E-state index in [1.54, 1.807) is 0 Å². The minimum absolute atomic E-state index is 0.430. The molecule has 1 aromatic rings. The Balaban J connectivity index is 3.29. The van der Waals surface area contributed by atoms with Gasteiger partial charge >= 0.3 is 0 Å². The van der Waals surface area contributed by atoms with Gasteiger partial charge in [0.15, 0.2) is 0 Å². The molecule has 0 aliphatic carbocycles. The molecule has 0 bridgehead atoms. The molecule has 0 aliphatic rings. The lowest BCUT2D eigenvalue weighted by Crippen LogP contribution is -2.08. The molecule has 0 saturated carbocycles. The standard InChI is InChI=1S/C8H12N2/c1-5(2)8-6(3)9-7(4)10-8/h5,9H,3-4H2,1-2H3. The van der Waals surface area contributed by atoms with Crippen LogP contribution in [0.15, 0.2) is 0 Å². The Morgan fingerprint density at radius 2 is 2.00 bits per heavy atom. The maximum Gasteiger partial charge on any atom is 0.123 e. The quantitative estimate of drug-likeness (QED) is 0.593. The number of hydrogen-bond donors (Lipinski definition) is 1. The van der Waals surface area contributed by atoms with E-state index in [9.17, 15) is 0 Å². The van der Waals surface area contributed by atoms with Crippen LogP contribution in [0.25, 0.3) is 13.2 Å². The molecule has 1 N–H and O–H groups in total. The number of rotatable bonds is 1. The van der Waals surface area contributed by atoms with Gasteiger partial charge in [-0.25, -0.2) is 4.98 Å². The van der Waals surface area contributed by atoms with Gasteiger partial charge in [0.25, 0.3) is 0 Å². The minimum atomic E-state index is 0.430. The summed E-state index contributed by atoms with van der Waals surface area (Å²) >= 11 is 0. The molecule has 0 saturated heterocycles. The van der Waals surface area contributed by atoms with E-state index in [2.05, 4.69) is 37.0 Å². The number of hydrogen-bond acceptors (Lipinski definition) is 1. The Labute approximate surface area is 60.3 Å². The third-order valence-corrected chi connectivity index (χ3v) is 1.41. The molecule has 0 atom stereocenters. The van der Waals surface area contributed by atoms with E-state index in [-0.39, 0.29) is 0 Å². The van der Waals surface area contributed by atoms with Crippen molar-refractivity contribution in [1.29, 1.82) is 0 Å². The lowest BCUT2D eigenvalue weighted by atomic mass is 10.1. The van der Waals surface area contributed by atoms with E-state index in [1.807, 2.05) is 0 Å². The average Bonchev–Trinajstić information content (AvgIpc) is 2.10. The first-order valence-electron chi connectivity index (χ1n) is 3.35. The summed E-state index contributed by atoms with van der Waals surface area (Å²) in [6, 6.07) is 0.